The molecule has 0 aliphatic heterocycles. The Morgan fingerprint density at radius 2 is 0.800 bits per heavy atom. The first-order valence-corrected chi connectivity index (χ1v) is 10.7. The molecule has 0 N–H and O–H groups in total. The maximum atomic E-state index is 2.38. The van der Waals surface area contributed by atoms with Crippen LogP contribution in [-0.2, 0) is 0 Å². The SMILES string of the molecule is C1=C2c3ccc(cc3)C3=Cc4ccccc4C3c3ccc(cc3)C2c2ccccc21. The van der Waals surface area contributed by atoms with Gasteiger partial charge >= 0.3 is 0 Å². The normalized spacial score (nSPS) is 19.7. The summed E-state index contributed by atoms with van der Waals surface area (Å²) >= 11 is 0. The van der Waals surface area contributed by atoms with E-state index >= 15 is 0 Å². The lowest BCUT2D eigenvalue weighted by atomic mass is 9.80. The summed E-state index contributed by atoms with van der Waals surface area (Å²) in [5, 5.41) is 0. The molecule has 2 unspecified atom stereocenters. The van der Waals surface area contributed by atoms with E-state index in [9.17, 15) is 0 Å². The van der Waals surface area contributed by atoms with Crippen molar-refractivity contribution in [2.45, 2.75) is 11.8 Å². The van der Waals surface area contributed by atoms with E-state index < -0.39 is 0 Å². The van der Waals surface area contributed by atoms with Gasteiger partial charge in [0, 0.05) is 11.8 Å². The minimum Gasteiger partial charge on any atom is -0.0619 e. The largest absolute Gasteiger partial charge is 0.0619 e. The Kier molecular flexibility index (Phi) is 3.20. The Morgan fingerprint density at radius 3 is 1.23 bits per heavy atom. The standard InChI is InChI=1S/C30H20/c1-3-7-25-23(5-1)17-27-19-9-11-20(12-10-19)28-18-24-6-2-4-8-26(24)30(28)22-15-13-21(14-16-22)29(25)27/h1-18,29-30H. The van der Waals surface area contributed by atoms with Gasteiger partial charge in [0.05, 0.1) is 0 Å². The zero-order valence-electron chi connectivity index (χ0n) is 16.5. The molecule has 0 spiro atoms. The molecule has 0 amide bonds. The molecule has 4 aromatic rings. The highest BCUT2D eigenvalue weighted by molar-refractivity contribution is 5.96. The fourth-order valence-electron chi connectivity index (χ4n) is 5.60. The van der Waals surface area contributed by atoms with Crippen molar-refractivity contribution < 1.29 is 0 Å². The van der Waals surface area contributed by atoms with Crippen molar-refractivity contribution in [1.29, 1.82) is 0 Å². The molecule has 0 saturated heterocycles. The minimum atomic E-state index is 0.298. The number of benzene rings is 4. The van der Waals surface area contributed by atoms with E-state index in [2.05, 4.69) is 109 Å². The summed E-state index contributed by atoms with van der Waals surface area (Å²) < 4.78 is 0. The second-order valence-corrected chi connectivity index (χ2v) is 8.57. The molecule has 4 bridgehead atoms. The van der Waals surface area contributed by atoms with Crippen LogP contribution < -0.4 is 0 Å². The topological polar surface area (TPSA) is 0 Å². The molecule has 4 aromatic carbocycles. The lowest BCUT2D eigenvalue weighted by Crippen LogP contribution is -2.06. The Hall–Kier alpha value is -3.64. The van der Waals surface area contributed by atoms with Crippen LogP contribution in [0, 0.1) is 0 Å². The molecule has 0 fully saturated rings. The van der Waals surface area contributed by atoms with E-state index in [4.69, 9.17) is 0 Å². The van der Waals surface area contributed by atoms with Crippen molar-refractivity contribution in [1.82, 2.24) is 0 Å². The summed E-state index contributed by atoms with van der Waals surface area (Å²) in [6.45, 7) is 0. The lowest BCUT2D eigenvalue weighted by molar-refractivity contribution is 1.03. The van der Waals surface area contributed by atoms with Gasteiger partial charge in [-0.3, -0.25) is 0 Å². The van der Waals surface area contributed by atoms with Crippen LogP contribution in [0.3, 0.4) is 0 Å². The first kappa shape index (κ1) is 16.2. The Bertz CT molecular complexity index is 1260. The van der Waals surface area contributed by atoms with Crippen molar-refractivity contribution in [3.05, 3.63) is 142 Å². The number of hydrogen-bond acceptors (Lipinski definition) is 0. The van der Waals surface area contributed by atoms with E-state index in [0.29, 0.717) is 11.8 Å². The zero-order chi connectivity index (χ0) is 19.7. The van der Waals surface area contributed by atoms with Crippen molar-refractivity contribution in [2.24, 2.45) is 0 Å². The predicted octanol–water partition coefficient (Wildman–Crippen LogP) is 7.37. The van der Waals surface area contributed by atoms with Crippen LogP contribution in [0.2, 0.25) is 0 Å². The van der Waals surface area contributed by atoms with Gasteiger partial charge in [-0.05, 0) is 67.8 Å². The Morgan fingerprint density at radius 1 is 0.400 bits per heavy atom. The molecule has 140 valence electrons. The second kappa shape index (κ2) is 5.93. The van der Waals surface area contributed by atoms with Gasteiger partial charge in [0.1, 0.15) is 0 Å². The summed E-state index contributed by atoms with van der Waals surface area (Å²) in [5.41, 5.74) is 13.7. The highest BCUT2D eigenvalue weighted by Crippen LogP contribution is 2.50. The van der Waals surface area contributed by atoms with Crippen LogP contribution in [0.1, 0.15) is 56.3 Å². The van der Waals surface area contributed by atoms with E-state index in [1.807, 2.05) is 0 Å². The summed E-state index contributed by atoms with van der Waals surface area (Å²) in [5.74, 6) is 0.595. The summed E-state index contributed by atoms with van der Waals surface area (Å²) in [6.07, 6.45) is 4.75. The number of rotatable bonds is 0. The molecule has 0 saturated carbocycles. The smallest absolute Gasteiger partial charge is 0.0352 e. The predicted molar refractivity (Wildman–Crippen MR) is 125 cm³/mol. The van der Waals surface area contributed by atoms with E-state index in [0.717, 1.165) is 0 Å². The van der Waals surface area contributed by atoms with Crippen LogP contribution in [-0.4, -0.2) is 0 Å². The third-order valence-corrected chi connectivity index (χ3v) is 7.01. The quantitative estimate of drug-likeness (QED) is 0.299. The average molecular weight is 380 g/mol. The fourth-order valence-corrected chi connectivity index (χ4v) is 5.60. The maximum Gasteiger partial charge on any atom is 0.0352 e. The molecule has 0 aromatic heterocycles. The van der Waals surface area contributed by atoms with Crippen molar-refractivity contribution in [3.8, 4) is 0 Å². The van der Waals surface area contributed by atoms with Gasteiger partial charge in [-0.2, -0.15) is 0 Å². The van der Waals surface area contributed by atoms with Crippen molar-refractivity contribution >= 4 is 23.3 Å². The molecule has 6 aliphatic carbocycles. The van der Waals surface area contributed by atoms with Crippen LogP contribution in [0.15, 0.2) is 97.1 Å². The highest BCUT2D eigenvalue weighted by Gasteiger charge is 2.31. The van der Waals surface area contributed by atoms with Gasteiger partial charge in [0.2, 0.25) is 0 Å². The summed E-state index contributed by atoms with van der Waals surface area (Å²) in [7, 11) is 0. The summed E-state index contributed by atoms with van der Waals surface area (Å²) in [4.78, 5) is 0. The minimum absolute atomic E-state index is 0.298. The van der Waals surface area contributed by atoms with Crippen LogP contribution >= 0.6 is 0 Å². The summed E-state index contributed by atoms with van der Waals surface area (Å²) in [6, 6.07) is 36.3. The molecule has 0 radical (unpaired) electrons. The third kappa shape index (κ3) is 2.16. The van der Waals surface area contributed by atoms with Gasteiger partial charge < -0.3 is 0 Å². The van der Waals surface area contributed by atoms with Crippen molar-refractivity contribution in [3.63, 3.8) is 0 Å². The number of allylic oxidation sites excluding steroid dienone is 2. The van der Waals surface area contributed by atoms with Gasteiger partial charge in [-0.25, -0.2) is 0 Å². The lowest BCUT2D eigenvalue weighted by Gasteiger charge is -2.23. The van der Waals surface area contributed by atoms with Crippen LogP contribution in [0.25, 0.3) is 23.3 Å². The second-order valence-electron chi connectivity index (χ2n) is 8.57. The average Bonchev–Trinajstić information content (AvgIpc) is 3.37. The van der Waals surface area contributed by atoms with Gasteiger partial charge in [-0.1, -0.05) is 97.1 Å². The maximum absolute atomic E-state index is 2.38. The molecule has 2 atom stereocenters. The monoisotopic (exact) mass is 380 g/mol. The van der Waals surface area contributed by atoms with Gasteiger partial charge in [-0.15, -0.1) is 0 Å². The van der Waals surface area contributed by atoms with Gasteiger partial charge in [0.25, 0.3) is 0 Å². The molecular formula is C30H20. The molecule has 10 rings (SSSR count). The first-order valence-electron chi connectivity index (χ1n) is 10.7. The number of fused-ring (bicyclic) bond motifs is 2. The number of hydrogen-bond donors (Lipinski definition) is 0. The van der Waals surface area contributed by atoms with Gasteiger partial charge in [0.15, 0.2) is 0 Å². The third-order valence-electron chi connectivity index (χ3n) is 7.01. The van der Waals surface area contributed by atoms with E-state index in [-0.39, 0.29) is 0 Å². The first-order chi connectivity index (χ1) is 14.9. The van der Waals surface area contributed by atoms with Crippen LogP contribution in [0.5, 0.6) is 0 Å². The van der Waals surface area contributed by atoms with E-state index in [1.54, 1.807) is 0 Å². The highest BCUT2D eigenvalue weighted by atomic mass is 14.3. The molecule has 0 heteroatoms. The fraction of sp³-hybridized carbons (Fsp3) is 0.0667. The molecule has 0 nitrogen and oxygen atoms in total. The molecule has 6 aliphatic rings. The molecular weight excluding hydrogens is 360 g/mol. The van der Waals surface area contributed by atoms with Crippen LogP contribution in [0.4, 0.5) is 0 Å². The Balaban J connectivity index is 1.51. The van der Waals surface area contributed by atoms with E-state index in [1.165, 1.54) is 55.7 Å². The van der Waals surface area contributed by atoms with Crippen molar-refractivity contribution in [2.75, 3.05) is 0 Å². The Labute approximate surface area is 176 Å². The molecule has 30 heavy (non-hydrogen) atoms. The zero-order valence-corrected chi connectivity index (χ0v) is 16.5. The molecule has 0 heterocycles.